The first-order chi connectivity index (χ1) is 11.3. The van der Waals surface area contributed by atoms with Crippen LogP contribution in [0.4, 0.5) is 0 Å². The zero-order chi connectivity index (χ0) is 15.6. The van der Waals surface area contributed by atoms with Gasteiger partial charge in [0.05, 0.1) is 0 Å². The molecule has 2 aliphatic heterocycles. The highest BCUT2D eigenvalue weighted by Crippen LogP contribution is 2.36. The molecule has 3 aliphatic rings. The summed E-state index contributed by atoms with van der Waals surface area (Å²) in [5, 5.41) is 4.31. The van der Waals surface area contributed by atoms with Crippen LogP contribution in [0, 0.1) is 11.8 Å². The Morgan fingerprint density at radius 2 is 1.96 bits per heavy atom. The first kappa shape index (κ1) is 15.1. The first-order valence-corrected chi connectivity index (χ1v) is 9.12. The maximum atomic E-state index is 5.63. The van der Waals surface area contributed by atoms with Crippen molar-refractivity contribution in [2.75, 3.05) is 19.9 Å². The van der Waals surface area contributed by atoms with Crippen molar-refractivity contribution in [3.8, 4) is 11.5 Å². The van der Waals surface area contributed by atoms with E-state index in [1.54, 1.807) is 0 Å². The van der Waals surface area contributed by atoms with E-state index in [-0.39, 0.29) is 0 Å². The van der Waals surface area contributed by atoms with Gasteiger partial charge in [-0.1, -0.05) is 25.3 Å². The molecule has 0 spiro atoms. The van der Waals surface area contributed by atoms with Crippen molar-refractivity contribution in [2.24, 2.45) is 11.8 Å². The summed E-state index contributed by atoms with van der Waals surface area (Å²) in [5.41, 5.74) is 1.17. The van der Waals surface area contributed by atoms with Gasteiger partial charge in [-0.2, -0.15) is 0 Å². The van der Waals surface area contributed by atoms with Crippen LogP contribution in [-0.2, 0) is 6.54 Å². The Bertz CT molecular complexity index is 592. The van der Waals surface area contributed by atoms with Crippen molar-refractivity contribution in [1.29, 1.82) is 0 Å². The fourth-order valence-electron chi connectivity index (χ4n) is 4.13. The summed E-state index contributed by atoms with van der Waals surface area (Å²) in [6.07, 6.45) is 6.93. The minimum absolute atomic E-state index is 0.320. The van der Waals surface area contributed by atoms with Gasteiger partial charge in [0.25, 0.3) is 0 Å². The molecule has 2 heterocycles. The molecule has 1 aliphatic carbocycles. The molecule has 0 aromatic heterocycles. The third kappa shape index (κ3) is 3.25. The lowest BCUT2D eigenvalue weighted by atomic mass is 9.75. The second kappa shape index (κ2) is 6.56. The van der Waals surface area contributed by atoms with E-state index in [1.807, 2.05) is 12.1 Å². The molecule has 23 heavy (non-hydrogen) atoms. The molecule has 0 amide bonds. The number of benzene rings is 1. The monoisotopic (exact) mass is 332 g/mol. The number of fused-ring (bicyclic) bond motifs is 2. The molecule has 0 radical (unpaired) electrons. The summed E-state index contributed by atoms with van der Waals surface area (Å²) in [7, 11) is 0. The van der Waals surface area contributed by atoms with E-state index in [0.29, 0.717) is 6.79 Å². The van der Waals surface area contributed by atoms with E-state index in [4.69, 9.17) is 21.7 Å². The number of rotatable bonds is 2. The Morgan fingerprint density at radius 1 is 1.13 bits per heavy atom. The van der Waals surface area contributed by atoms with E-state index in [2.05, 4.69) is 16.3 Å². The first-order valence-electron chi connectivity index (χ1n) is 8.71. The molecule has 2 fully saturated rings. The Kier molecular flexibility index (Phi) is 4.29. The van der Waals surface area contributed by atoms with Crippen LogP contribution < -0.4 is 14.8 Å². The molecule has 1 aromatic rings. The number of hydrogen-bond donors (Lipinski definition) is 1. The van der Waals surface area contributed by atoms with E-state index in [1.165, 1.54) is 37.7 Å². The maximum Gasteiger partial charge on any atom is 0.231 e. The number of likely N-dealkylation sites (tertiary alicyclic amines) is 1. The van der Waals surface area contributed by atoms with Crippen molar-refractivity contribution in [3.63, 3.8) is 0 Å². The summed E-state index contributed by atoms with van der Waals surface area (Å²) in [5.74, 6) is 3.45. The molecule has 1 saturated heterocycles. The Hall–Kier alpha value is -1.49. The van der Waals surface area contributed by atoms with Crippen LogP contribution >= 0.6 is 12.2 Å². The number of ether oxygens (including phenoxy) is 2. The third-order valence-electron chi connectivity index (χ3n) is 5.46. The van der Waals surface area contributed by atoms with Crippen molar-refractivity contribution >= 4 is 17.3 Å². The highest BCUT2D eigenvalue weighted by Gasteiger charge is 2.31. The third-order valence-corrected chi connectivity index (χ3v) is 5.86. The predicted molar refractivity (Wildman–Crippen MR) is 93.6 cm³/mol. The summed E-state index contributed by atoms with van der Waals surface area (Å²) < 4.78 is 10.8. The van der Waals surface area contributed by atoms with Gasteiger partial charge in [-0.15, -0.1) is 0 Å². The summed E-state index contributed by atoms with van der Waals surface area (Å²) in [4.78, 5) is 2.37. The SMILES string of the molecule is S=C(NCc1ccc2c(c1)OCO2)N1CC[C@H]2CCCC[C@@H]2C1. The smallest absolute Gasteiger partial charge is 0.231 e. The average molecular weight is 332 g/mol. The highest BCUT2D eigenvalue weighted by atomic mass is 32.1. The Labute approximate surface area is 143 Å². The van der Waals surface area contributed by atoms with Crippen LogP contribution in [0.2, 0.25) is 0 Å². The van der Waals surface area contributed by atoms with Gasteiger partial charge in [-0.3, -0.25) is 0 Å². The predicted octanol–water partition coefficient (Wildman–Crippen LogP) is 3.30. The quantitative estimate of drug-likeness (QED) is 0.841. The van der Waals surface area contributed by atoms with E-state index < -0.39 is 0 Å². The molecule has 4 nitrogen and oxygen atoms in total. The molecule has 2 atom stereocenters. The van der Waals surface area contributed by atoms with Crippen LogP contribution in [0.5, 0.6) is 11.5 Å². The second-order valence-corrected chi connectivity index (χ2v) is 7.27. The van der Waals surface area contributed by atoms with Gasteiger partial charge in [0.15, 0.2) is 16.6 Å². The van der Waals surface area contributed by atoms with Crippen molar-refractivity contribution in [1.82, 2.24) is 10.2 Å². The highest BCUT2D eigenvalue weighted by molar-refractivity contribution is 7.80. The number of hydrogen-bond acceptors (Lipinski definition) is 3. The molecular weight excluding hydrogens is 308 g/mol. The molecular formula is C18H24N2O2S. The largest absolute Gasteiger partial charge is 0.454 e. The molecule has 1 N–H and O–H groups in total. The summed E-state index contributed by atoms with van der Waals surface area (Å²) in [6.45, 7) is 3.30. The van der Waals surface area contributed by atoms with Gasteiger partial charge in [-0.05, 0) is 54.6 Å². The minimum atomic E-state index is 0.320. The topological polar surface area (TPSA) is 33.7 Å². The fourth-order valence-corrected chi connectivity index (χ4v) is 4.36. The molecule has 0 unspecified atom stereocenters. The van der Waals surface area contributed by atoms with Crippen molar-refractivity contribution < 1.29 is 9.47 Å². The average Bonchev–Trinajstić information content (AvgIpc) is 3.07. The maximum absolute atomic E-state index is 5.63. The molecule has 1 saturated carbocycles. The van der Waals surface area contributed by atoms with Gasteiger partial charge < -0.3 is 19.7 Å². The van der Waals surface area contributed by atoms with Crippen LogP contribution in [0.25, 0.3) is 0 Å². The fraction of sp³-hybridized carbons (Fsp3) is 0.611. The standard InChI is InChI=1S/C18H24N2O2S/c23-18(20-8-7-14-3-1-2-4-15(14)11-20)19-10-13-5-6-16-17(9-13)22-12-21-16/h5-6,9,14-15H,1-4,7-8,10-12H2,(H,19,23)/t14-,15-/m1/s1. The van der Waals surface area contributed by atoms with Gasteiger partial charge in [0, 0.05) is 19.6 Å². The zero-order valence-corrected chi connectivity index (χ0v) is 14.2. The lowest BCUT2D eigenvalue weighted by Crippen LogP contribution is -2.48. The van der Waals surface area contributed by atoms with Gasteiger partial charge in [0.1, 0.15) is 0 Å². The minimum Gasteiger partial charge on any atom is -0.454 e. The van der Waals surface area contributed by atoms with Crippen LogP contribution in [-0.4, -0.2) is 29.9 Å². The van der Waals surface area contributed by atoms with Gasteiger partial charge in [-0.25, -0.2) is 0 Å². The normalized spacial score (nSPS) is 25.8. The second-order valence-electron chi connectivity index (χ2n) is 6.89. The van der Waals surface area contributed by atoms with Crippen LogP contribution in [0.1, 0.15) is 37.7 Å². The lowest BCUT2D eigenvalue weighted by molar-refractivity contribution is 0.129. The van der Waals surface area contributed by atoms with Gasteiger partial charge >= 0.3 is 0 Å². The number of thiocarbonyl (C=S) groups is 1. The lowest BCUT2D eigenvalue weighted by Gasteiger charge is -2.42. The summed E-state index contributed by atoms with van der Waals surface area (Å²) in [6, 6.07) is 6.07. The van der Waals surface area contributed by atoms with Gasteiger partial charge in [0.2, 0.25) is 6.79 Å². The Balaban J connectivity index is 1.31. The zero-order valence-electron chi connectivity index (χ0n) is 13.4. The van der Waals surface area contributed by atoms with E-state index >= 15 is 0 Å². The van der Waals surface area contributed by atoms with E-state index in [9.17, 15) is 0 Å². The molecule has 124 valence electrons. The number of nitrogens with zero attached hydrogens (tertiary/aromatic N) is 1. The van der Waals surface area contributed by atoms with Crippen LogP contribution in [0.3, 0.4) is 0 Å². The molecule has 5 heteroatoms. The Morgan fingerprint density at radius 3 is 2.87 bits per heavy atom. The molecule has 0 bridgehead atoms. The number of nitrogens with one attached hydrogen (secondary N) is 1. The number of piperidine rings is 1. The van der Waals surface area contributed by atoms with Crippen LogP contribution in [0.15, 0.2) is 18.2 Å². The van der Waals surface area contributed by atoms with Crippen molar-refractivity contribution in [2.45, 2.75) is 38.6 Å². The molecule has 1 aromatic carbocycles. The molecule has 4 rings (SSSR count). The van der Waals surface area contributed by atoms with E-state index in [0.717, 1.165) is 48.1 Å². The summed E-state index contributed by atoms with van der Waals surface area (Å²) >= 11 is 5.63. The van der Waals surface area contributed by atoms with Crippen molar-refractivity contribution in [3.05, 3.63) is 23.8 Å².